The van der Waals surface area contributed by atoms with Crippen molar-refractivity contribution in [1.82, 2.24) is 0 Å². The highest BCUT2D eigenvalue weighted by molar-refractivity contribution is 5.64. The number of carbonyl (C=O) groups excluding carboxylic acids is 1. The van der Waals surface area contributed by atoms with Crippen molar-refractivity contribution in [3.05, 3.63) is 48.0 Å². The first-order valence-corrected chi connectivity index (χ1v) is 4.82. The predicted molar refractivity (Wildman–Crippen MR) is 59.3 cm³/mol. The first kappa shape index (κ1) is 10.7. The van der Waals surface area contributed by atoms with Crippen LogP contribution >= 0.6 is 0 Å². The van der Waals surface area contributed by atoms with Crippen LogP contribution in [0.2, 0.25) is 0 Å². The van der Waals surface area contributed by atoms with Gasteiger partial charge >= 0.3 is 0 Å². The standard InChI is InChI=1S/C13H16O/c1-13(2,10-6-7-11-14)12-8-4-3-5-9-12/h3-9,11H,10H2,1-2H3. The van der Waals surface area contributed by atoms with Crippen LogP contribution in [0.5, 0.6) is 0 Å². The van der Waals surface area contributed by atoms with E-state index in [-0.39, 0.29) is 5.41 Å². The number of aldehydes is 1. The number of hydrogen-bond acceptors (Lipinski definition) is 1. The van der Waals surface area contributed by atoms with Gasteiger partial charge in [-0.15, -0.1) is 0 Å². The fourth-order valence-corrected chi connectivity index (χ4v) is 1.43. The predicted octanol–water partition coefficient (Wildman–Crippen LogP) is 3.11. The molecule has 74 valence electrons. The van der Waals surface area contributed by atoms with Crippen LogP contribution in [-0.4, -0.2) is 6.29 Å². The summed E-state index contributed by atoms with van der Waals surface area (Å²) in [6.07, 6.45) is 5.18. The molecule has 0 atom stereocenters. The second-order valence-electron chi connectivity index (χ2n) is 4.02. The van der Waals surface area contributed by atoms with E-state index < -0.39 is 0 Å². The molecule has 0 spiro atoms. The van der Waals surface area contributed by atoms with Crippen LogP contribution in [-0.2, 0) is 10.2 Å². The molecule has 0 amide bonds. The lowest BCUT2D eigenvalue weighted by Gasteiger charge is -2.23. The molecule has 1 heteroatoms. The zero-order valence-corrected chi connectivity index (χ0v) is 8.73. The zero-order valence-electron chi connectivity index (χ0n) is 8.73. The Balaban J connectivity index is 2.75. The second kappa shape index (κ2) is 4.75. The summed E-state index contributed by atoms with van der Waals surface area (Å²) < 4.78 is 0. The molecular formula is C13H16O. The molecule has 1 aromatic carbocycles. The minimum atomic E-state index is 0.0980. The van der Waals surface area contributed by atoms with Crippen molar-refractivity contribution in [1.29, 1.82) is 0 Å². The number of benzene rings is 1. The lowest BCUT2D eigenvalue weighted by molar-refractivity contribution is -0.104. The van der Waals surface area contributed by atoms with Gasteiger partial charge in [0.15, 0.2) is 0 Å². The van der Waals surface area contributed by atoms with Crippen molar-refractivity contribution in [2.45, 2.75) is 25.7 Å². The fourth-order valence-electron chi connectivity index (χ4n) is 1.43. The van der Waals surface area contributed by atoms with Gasteiger partial charge in [-0.25, -0.2) is 0 Å². The maximum atomic E-state index is 10.1. The maximum absolute atomic E-state index is 10.1. The number of allylic oxidation sites excluding steroid dienone is 2. The molecule has 1 aromatic rings. The van der Waals surface area contributed by atoms with Crippen molar-refractivity contribution >= 4 is 6.29 Å². The van der Waals surface area contributed by atoms with Gasteiger partial charge in [0.25, 0.3) is 0 Å². The smallest absolute Gasteiger partial charge is 0.142 e. The third-order valence-electron chi connectivity index (χ3n) is 2.40. The van der Waals surface area contributed by atoms with E-state index in [1.165, 1.54) is 5.56 Å². The largest absolute Gasteiger partial charge is 0.299 e. The van der Waals surface area contributed by atoms with E-state index >= 15 is 0 Å². The van der Waals surface area contributed by atoms with Crippen LogP contribution in [0.3, 0.4) is 0 Å². The fraction of sp³-hybridized carbons (Fsp3) is 0.308. The molecule has 0 aliphatic carbocycles. The lowest BCUT2D eigenvalue weighted by Crippen LogP contribution is -2.15. The summed E-state index contributed by atoms with van der Waals surface area (Å²) in [5, 5.41) is 0. The van der Waals surface area contributed by atoms with Crippen LogP contribution in [0.15, 0.2) is 42.5 Å². The quantitative estimate of drug-likeness (QED) is 0.524. The van der Waals surface area contributed by atoms with Crippen molar-refractivity contribution in [2.24, 2.45) is 0 Å². The van der Waals surface area contributed by atoms with E-state index in [0.29, 0.717) is 0 Å². The Labute approximate surface area is 85.5 Å². The summed E-state index contributed by atoms with van der Waals surface area (Å²) in [6, 6.07) is 10.3. The summed E-state index contributed by atoms with van der Waals surface area (Å²) in [7, 11) is 0. The third-order valence-corrected chi connectivity index (χ3v) is 2.40. The Kier molecular flexibility index (Phi) is 3.63. The van der Waals surface area contributed by atoms with Gasteiger partial charge in [-0.05, 0) is 23.5 Å². The first-order chi connectivity index (χ1) is 6.67. The maximum Gasteiger partial charge on any atom is 0.142 e. The van der Waals surface area contributed by atoms with Crippen LogP contribution in [0.1, 0.15) is 25.8 Å². The Morgan fingerprint density at radius 1 is 1.21 bits per heavy atom. The van der Waals surface area contributed by atoms with Crippen LogP contribution < -0.4 is 0 Å². The minimum absolute atomic E-state index is 0.0980. The molecule has 0 fully saturated rings. The van der Waals surface area contributed by atoms with Crippen molar-refractivity contribution in [2.75, 3.05) is 0 Å². The average molecular weight is 188 g/mol. The first-order valence-electron chi connectivity index (χ1n) is 4.82. The Morgan fingerprint density at radius 3 is 2.43 bits per heavy atom. The Bertz CT molecular complexity index is 309. The van der Waals surface area contributed by atoms with E-state index in [1.807, 2.05) is 24.3 Å². The van der Waals surface area contributed by atoms with E-state index in [0.717, 1.165) is 12.7 Å². The Hall–Kier alpha value is -1.37. The number of carbonyl (C=O) groups is 1. The van der Waals surface area contributed by atoms with Crippen molar-refractivity contribution in [3.8, 4) is 0 Å². The zero-order chi connectivity index (χ0) is 10.4. The van der Waals surface area contributed by atoms with E-state index in [9.17, 15) is 4.79 Å². The number of rotatable bonds is 4. The van der Waals surface area contributed by atoms with Gasteiger partial charge in [0.05, 0.1) is 0 Å². The molecule has 0 saturated heterocycles. The third kappa shape index (κ3) is 2.84. The summed E-state index contributed by atoms with van der Waals surface area (Å²) in [6.45, 7) is 4.36. The van der Waals surface area contributed by atoms with Gasteiger partial charge in [-0.2, -0.15) is 0 Å². The highest BCUT2D eigenvalue weighted by Gasteiger charge is 2.17. The topological polar surface area (TPSA) is 17.1 Å². The molecule has 0 heterocycles. The van der Waals surface area contributed by atoms with Gasteiger partial charge in [0.2, 0.25) is 0 Å². The van der Waals surface area contributed by atoms with Crippen molar-refractivity contribution < 1.29 is 4.79 Å². The second-order valence-corrected chi connectivity index (χ2v) is 4.02. The molecular weight excluding hydrogens is 172 g/mol. The lowest BCUT2D eigenvalue weighted by atomic mass is 9.81. The summed E-state index contributed by atoms with van der Waals surface area (Å²) in [4.78, 5) is 10.1. The summed E-state index contributed by atoms with van der Waals surface area (Å²) in [5.41, 5.74) is 1.40. The monoisotopic (exact) mass is 188 g/mol. The van der Waals surface area contributed by atoms with Crippen LogP contribution in [0, 0.1) is 0 Å². The van der Waals surface area contributed by atoms with Gasteiger partial charge in [0, 0.05) is 0 Å². The highest BCUT2D eigenvalue weighted by Crippen LogP contribution is 2.26. The van der Waals surface area contributed by atoms with Crippen LogP contribution in [0.4, 0.5) is 0 Å². The van der Waals surface area contributed by atoms with Gasteiger partial charge in [-0.3, -0.25) is 4.79 Å². The van der Waals surface area contributed by atoms with E-state index in [4.69, 9.17) is 0 Å². The summed E-state index contributed by atoms with van der Waals surface area (Å²) in [5.74, 6) is 0. The van der Waals surface area contributed by atoms with E-state index in [2.05, 4.69) is 26.0 Å². The van der Waals surface area contributed by atoms with Crippen LogP contribution in [0.25, 0.3) is 0 Å². The molecule has 0 aliphatic rings. The molecule has 0 bridgehead atoms. The molecule has 1 nitrogen and oxygen atoms in total. The van der Waals surface area contributed by atoms with Gasteiger partial charge in [0.1, 0.15) is 6.29 Å². The number of hydrogen-bond donors (Lipinski definition) is 0. The normalized spacial score (nSPS) is 11.9. The SMILES string of the molecule is CC(C)(CC=CC=O)c1ccccc1. The molecule has 14 heavy (non-hydrogen) atoms. The molecule has 0 radical (unpaired) electrons. The average Bonchev–Trinajstić information content (AvgIpc) is 2.19. The van der Waals surface area contributed by atoms with E-state index in [1.54, 1.807) is 6.08 Å². The van der Waals surface area contributed by atoms with Gasteiger partial charge in [-0.1, -0.05) is 50.3 Å². The Morgan fingerprint density at radius 2 is 1.86 bits per heavy atom. The summed E-state index contributed by atoms with van der Waals surface area (Å²) >= 11 is 0. The molecule has 0 aromatic heterocycles. The minimum Gasteiger partial charge on any atom is -0.299 e. The highest BCUT2D eigenvalue weighted by atomic mass is 16.1. The van der Waals surface area contributed by atoms with Gasteiger partial charge < -0.3 is 0 Å². The van der Waals surface area contributed by atoms with Crippen molar-refractivity contribution in [3.63, 3.8) is 0 Å². The molecule has 0 N–H and O–H groups in total. The molecule has 0 aliphatic heterocycles. The molecule has 0 unspecified atom stereocenters. The molecule has 1 rings (SSSR count). The molecule has 0 saturated carbocycles.